The van der Waals surface area contributed by atoms with Crippen LogP contribution >= 0.6 is 22.9 Å². The van der Waals surface area contributed by atoms with Gasteiger partial charge in [0.2, 0.25) is 0 Å². The minimum absolute atomic E-state index is 0. The zero-order valence-corrected chi connectivity index (χ0v) is 14.4. The van der Waals surface area contributed by atoms with E-state index in [-0.39, 0.29) is 17.0 Å². The first kappa shape index (κ1) is 16.6. The maximum Gasteiger partial charge on any atom is 0.182 e. The molecule has 0 radical (unpaired) electrons. The molecule has 112 valence electrons. The number of nitrogens with two attached hydrogens (primary N) is 1. The van der Waals surface area contributed by atoms with Crippen LogP contribution in [0.1, 0.15) is 0 Å². The van der Waals surface area contributed by atoms with Gasteiger partial charge in [0.25, 0.3) is 0 Å². The van der Waals surface area contributed by atoms with Crippen LogP contribution in [0.15, 0.2) is 64.8 Å². The lowest BCUT2D eigenvalue weighted by molar-refractivity contribution is -0.00000411. The highest BCUT2D eigenvalue weighted by atomic mass is 79.9. The molecule has 7 heteroatoms. The Morgan fingerprint density at radius 2 is 1.64 bits per heavy atom. The van der Waals surface area contributed by atoms with Crippen LogP contribution in [0.3, 0.4) is 0 Å². The van der Waals surface area contributed by atoms with Crippen LogP contribution in [0.4, 0.5) is 15.8 Å². The van der Waals surface area contributed by atoms with E-state index in [1.54, 1.807) is 12.1 Å². The number of rotatable bonds is 3. The predicted molar refractivity (Wildman–Crippen MR) is 87.6 cm³/mol. The third-order valence-electron chi connectivity index (χ3n) is 2.77. The summed E-state index contributed by atoms with van der Waals surface area (Å²) >= 11 is 7.36. The van der Waals surface area contributed by atoms with Gasteiger partial charge in [0.15, 0.2) is 10.1 Å². The minimum Gasteiger partial charge on any atom is -1.00 e. The van der Waals surface area contributed by atoms with Crippen molar-refractivity contribution >= 4 is 38.8 Å². The number of nitrogen functional groups attached to an aromatic ring is 1. The molecule has 0 saturated carbocycles. The van der Waals surface area contributed by atoms with Crippen LogP contribution in [0.25, 0.3) is 11.3 Å². The number of azo groups is 1. The Morgan fingerprint density at radius 3 is 2.36 bits per heavy atom. The maximum absolute atomic E-state index is 6.06. The monoisotopic (exact) mass is 393 g/mol. The van der Waals surface area contributed by atoms with Crippen LogP contribution in [0.2, 0.25) is 5.02 Å². The van der Waals surface area contributed by atoms with E-state index in [0.29, 0.717) is 20.8 Å². The number of aromatic nitrogens is 1. The third kappa shape index (κ3) is 3.71. The van der Waals surface area contributed by atoms with E-state index in [0.717, 1.165) is 11.3 Å². The van der Waals surface area contributed by atoms with E-state index in [1.807, 2.05) is 42.5 Å². The van der Waals surface area contributed by atoms with Crippen LogP contribution in [-0.4, -0.2) is 4.98 Å². The van der Waals surface area contributed by atoms with Crippen molar-refractivity contribution in [1.29, 1.82) is 0 Å². The molecule has 22 heavy (non-hydrogen) atoms. The third-order valence-corrected chi connectivity index (χ3v) is 3.86. The molecular weight excluding hydrogens is 384 g/mol. The summed E-state index contributed by atoms with van der Waals surface area (Å²) in [7, 11) is 0. The SMILES string of the molecule is Nc1nc(-c2ccccc2)c(N=Nc2ccccc2Cl)s1.[Br-]. The van der Waals surface area contributed by atoms with Crippen LogP contribution in [-0.2, 0) is 0 Å². The molecule has 0 fully saturated rings. The summed E-state index contributed by atoms with van der Waals surface area (Å²) < 4.78 is 0. The van der Waals surface area contributed by atoms with Gasteiger partial charge in [0.1, 0.15) is 11.4 Å². The lowest BCUT2D eigenvalue weighted by Crippen LogP contribution is -3.00. The molecule has 0 unspecified atom stereocenters. The quantitative estimate of drug-likeness (QED) is 0.694. The van der Waals surface area contributed by atoms with Crippen molar-refractivity contribution in [3.05, 3.63) is 59.6 Å². The Hall–Kier alpha value is -1.76. The van der Waals surface area contributed by atoms with Crippen molar-refractivity contribution in [2.75, 3.05) is 5.73 Å². The maximum atomic E-state index is 6.06. The van der Waals surface area contributed by atoms with E-state index in [4.69, 9.17) is 17.3 Å². The number of benzene rings is 2. The molecule has 0 aliphatic rings. The number of nitrogens with zero attached hydrogens (tertiary/aromatic N) is 3. The average Bonchev–Trinajstić information content (AvgIpc) is 2.88. The number of anilines is 1. The Bertz CT molecular complexity index is 789. The summed E-state index contributed by atoms with van der Waals surface area (Å²) in [4.78, 5) is 4.33. The zero-order chi connectivity index (χ0) is 14.7. The Balaban J connectivity index is 0.00000176. The number of halogens is 2. The second-order valence-electron chi connectivity index (χ2n) is 4.22. The predicted octanol–water partition coefficient (Wildman–Crippen LogP) is 2.47. The highest BCUT2D eigenvalue weighted by Gasteiger charge is 2.11. The summed E-state index contributed by atoms with van der Waals surface area (Å²) in [6.45, 7) is 0. The van der Waals surface area contributed by atoms with Crippen LogP contribution < -0.4 is 22.7 Å². The van der Waals surface area contributed by atoms with Gasteiger partial charge in [-0.3, -0.25) is 0 Å². The van der Waals surface area contributed by atoms with E-state index in [2.05, 4.69) is 15.2 Å². The number of thiazole rings is 1. The molecule has 0 spiro atoms. The molecule has 0 amide bonds. The van der Waals surface area contributed by atoms with Gasteiger partial charge in [-0.2, -0.15) is 0 Å². The number of hydrogen-bond acceptors (Lipinski definition) is 5. The van der Waals surface area contributed by atoms with Gasteiger partial charge in [-0.25, -0.2) is 4.98 Å². The summed E-state index contributed by atoms with van der Waals surface area (Å²) in [6, 6.07) is 17.0. The van der Waals surface area contributed by atoms with Crippen molar-refractivity contribution in [2.45, 2.75) is 0 Å². The lowest BCUT2D eigenvalue weighted by atomic mass is 10.2. The highest BCUT2D eigenvalue weighted by Crippen LogP contribution is 2.38. The van der Waals surface area contributed by atoms with Crippen LogP contribution in [0, 0.1) is 0 Å². The summed E-state index contributed by atoms with van der Waals surface area (Å²) in [5.74, 6) is 0. The smallest absolute Gasteiger partial charge is 0.182 e. The van der Waals surface area contributed by atoms with Gasteiger partial charge in [-0.1, -0.05) is 65.4 Å². The molecule has 0 aliphatic heterocycles. The minimum atomic E-state index is 0. The molecule has 0 aliphatic carbocycles. The number of hydrogen-bond donors (Lipinski definition) is 1. The van der Waals surface area contributed by atoms with Gasteiger partial charge in [-0.15, -0.1) is 10.2 Å². The van der Waals surface area contributed by atoms with Crippen molar-refractivity contribution in [1.82, 2.24) is 4.98 Å². The standard InChI is InChI=1S/C15H11ClN4S.BrH/c16-11-8-4-5-9-12(11)19-20-14-13(18-15(17)21-14)10-6-2-1-3-7-10;/h1-9H,(H2,17,18);1H/p-1. The van der Waals surface area contributed by atoms with Gasteiger partial charge < -0.3 is 22.7 Å². The van der Waals surface area contributed by atoms with E-state index in [9.17, 15) is 0 Å². The molecule has 0 saturated heterocycles. The topological polar surface area (TPSA) is 63.6 Å². The molecular formula is C15H11BrClN4S-. The molecule has 0 bridgehead atoms. The molecule has 3 rings (SSSR count). The van der Waals surface area contributed by atoms with Crippen molar-refractivity contribution in [3.8, 4) is 11.3 Å². The fourth-order valence-electron chi connectivity index (χ4n) is 1.81. The molecule has 3 aromatic rings. The van der Waals surface area contributed by atoms with Crippen molar-refractivity contribution < 1.29 is 17.0 Å². The summed E-state index contributed by atoms with van der Waals surface area (Å²) in [5, 5.41) is 10.1. The first-order valence-electron chi connectivity index (χ1n) is 6.22. The van der Waals surface area contributed by atoms with Gasteiger partial charge >= 0.3 is 0 Å². The molecule has 4 nitrogen and oxygen atoms in total. The summed E-state index contributed by atoms with van der Waals surface area (Å²) in [6.07, 6.45) is 0. The fourth-order valence-corrected chi connectivity index (χ4v) is 2.66. The second-order valence-corrected chi connectivity index (χ2v) is 5.64. The largest absolute Gasteiger partial charge is 1.00 e. The van der Waals surface area contributed by atoms with E-state index >= 15 is 0 Å². The Kier molecular flexibility index (Phi) is 5.65. The molecule has 1 heterocycles. The van der Waals surface area contributed by atoms with Crippen molar-refractivity contribution in [2.24, 2.45) is 10.2 Å². The first-order valence-corrected chi connectivity index (χ1v) is 7.41. The normalized spacial score (nSPS) is 10.6. The molecule has 2 N–H and O–H groups in total. The van der Waals surface area contributed by atoms with Crippen LogP contribution in [0.5, 0.6) is 0 Å². The van der Waals surface area contributed by atoms with Gasteiger partial charge in [-0.05, 0) is 12.1 Å². The second kappa shape index (κ2) is 7.49. The average molecular weight is 395 g/mol. The highest BCUT2D eigenvalue weighted by molar-refractivity contribution is 7.19. The van der Waals surface area contributed by atoms with E-state index in [1.165, 1.54) is 11.3 Å². The molecule has 1 aromatic heterocycles. The van der Waals surface area contributed by atoms with Gasteiger partial charge in [0.05, 0.1) is 5.02 Å². The molecule has 0 atom stereocenters. The Labute approximate surface area is 147 Å². The zero-order valence-electron chi connectivity index (χ0n) is 11.3. The summed E-state index contributed by atoms with van der Waals surface area (Å²) in [5.41, 5.74) is 8.10. The Morgan fingerprint density at radius 1 is 0.955 bits per heavy atom. The lowest BCUT2D eigenvalue weighted by Gasteiger charge is -1.97. The van der Waals surface area contributed by atoms with Gasteiger partial charge in [0, 0.05) is 5.56 Å². The van der Waals surface area contributed by atoms with Crippen molar-refractivity contribution in [3.63, 3.8) is 0 Å². The molecule has 2 aromatic carbocycles. The first-order chi connectivity index (χ1) is 10.2. The fraction of sp³-hybridized carbons (Fsp3) is 0. The van der Waals surface area contributed by atoms with E-state index < -0.39 is 0 Å².